The molecule has 1 rings (SSSR count). The normalized spacial score (nSPS) is 11.7. The van der Waals surface area contributed by atoms with Gasteiger partial charge in [-0.05, 0) is 24.8 Å². The molecule has 1 heterocycles. The van der Waals surface area contributed by atoms with Gasteiger partial charge in [0.1, 0.15) is 0 Å². The van der Waals surface area contributed by atoms with Gasteiger partial charge in [-0.25, -0.2) is 0 Å². The van der Waals surface area contributed by atoms with E-state index in [1.165, 1.54) is 0 Å². The summed E-state index contributed by atoms with van der Waals surface area (Å²) in [6, 6.07) is 3.79. The molecule has 14 heavy (non-hydrogen) atoms. The Bertz CT molecular complexity index is 357. The van der Waals surface area contributed by atoms with Gasteiger partial charge in [0.25, 0.3) is 5.56 Å². The van der Waals surface area contributed by atoms with Crippen molar-refractivity contribution in [1.29, 1.82) is 0 Å². The Hall–Kier alpha value is -1.05. The number of rotatable bonds is 2. The molecule has 0 saturated carbocycles. The second-order valence-electron chi connectivity index (χ2n) is 5.00. The Labute approximate surface area is 85.6 Å². The van der Waals surface area contributed by atoms with Crippen LogP contribution in [0.5, 0.6) is 0 Å². The van der Waals surface area contributed by atoms with Gasteiger partial charge in [0.05, 0.1) is 0 Å². The highest BCUT2D eigenvalue weighted by Gasteiger charge is 2.10. The smallest absolute Gasteiger partial charge is 0.253 e. The van der Waals surface area contributed by atoms with Crippen molar-refractivity contribution in [3.8, 4) is 0 Å². The minimum atomic E-state index is 0.136. The summed E-state index contributed by atoms with van der Waals surface area (Å²) in [4.78, 5) is 11.6. The second kappa shape index (κ2) is 3.99. The molecule has 0 bridgehead atoms. The quantitative estimate of drug-likeness (QED) is 0.707. The zero-order valence-corrected chi connectivity index (χ0v) is 9.50. The Morgan fingerprint density at radius 2 is 2.00 bits per heavy atom. The topological polar surface area (TPSA) is 22.0 Å². The number of hydrogen-bond donors (Lipinski definition) is 0. The summed E-state index contributed by atoms with van der Waals surface area (Å²) in [6.07, 6.45) is 2.89. The molecule has 0 saturated heterocycles. The van der Waals surface area contributed by atoms with Crippen LogP contribution in [0.2, 0.25) is 0 Å². The van der Waals surface area contributed by atoms with E-state index in [1.807, 2.05) is 25.3 Å². The van der Waals surface area contributed by atoms with E-state index in [4.69, 9.17) is 0 Å². The molecule has 0 aliphatic rings. The highest BCUT2D eigenvalue weighted by molar-refractivity contribution is 5.07. The predicted molar refractivity (Wildman–Crippen MR) is 59.5 cm³/mol. The van der Waals surface area contributed by atoms with Gasteiger partial charge in [0, 0.05) is 18.3 Å². The number of aromatic nitrogens is 1. The van der Waals surface area contributed by atoms with E-state index in [9.17, 15) is 4.79 Å². The predicted octanol–water partition coefficient (Wildman–Crippen LogP) is 2.59. The fraction of sp³-hybridized carbons (Fsp3) is 0.583. The van der Waals surface area contributed by atoms with Gasteiger partial charge in [-0.2, -0.15) is 0 Å². The maximum absolute atomic E-state index is 11.6. The average Bonchev–Trinajstić information content (AvgIpc) is 2.06. The van der Waals surface area contributed by atoms with Crippen LogP contribution in [-0.2, 0) is 6.54 Å². The molecule has 0 aromatic carbocycles. The van der Waals surface area contributed by atoms with Crippen molar-refractivity contribution in [1.82, 2.24) is 4.57 Å². The van der Waals surface area contributed by atoms with Crippen LogP contribution >= 0.6 is 0 Å². The van der Waals surface area contributed by atoms with Gasteiger partial charge < -0.3 is 4.57 Å². The van der Waals surface area contributed by atoms with Gasteiger partial charge in [-0.15, -0.1) is 0 Å². The maximum atomic E-state index is 11.6. The van der Waals surface area contributed by atoms with Crippen LogP contribution in [0.3, 0.4) is 0 Å². The van der Waals surface area contributed by atoms with Gasteiger partial charge in [0.2, 0.25) is 0 Å². The summed E-state index contributed by atoms with van der Waals surface area (Å²) in [5, 5.41) is 0. The van der Waals surface area contributed by atoms with Crippen LogP contribution in [0.1, 0.15) is 32.8 Å². The first-order chi connectivity index (χ1) is 6.40. The zero-order valence-electron chi connectivity index (χ0n) is 9.50. The van der Waals surface area contributed by atoms with Crippen molar-refractivity contribution < 1.29 is 0 Å². The van der Waals surface area contributed by atoms with Crippen molar-refractivity contribution in [2.24, 2.45) is 5.41 Å². The van der Waals surface area contributed by atoms with Crippen molar-refractivity contribution >= 4 is 0 Å². The number of aryl methyl sites for hydroxylation is 2. The lowest BCUT2D eigenvalue weighted by Crippen LogP contribution is -2.23. The van der Waals surface area contributed by atoms with E-state index in [0.29, 0.717) is 0 Å². The van der Waals surface area contributed by atoms with Crippen molar-refractivity contribution in [2.75, 3.05) is 0 Å². The first-order valence-electron chi connectivity index (χ1n) is 5.06. The lowest BCUT2D eigenvalue weighted by atomic mass is 9.92. The molecule has 0 unspecified atom stereocenters. The van der Waals surface area contributed by atoms with Gasteiger partial charge in [-0.1, -0.05) is 26.8 Å². The lowest BCUT2D eigenvalue weighted by Gasteiger charge is -2.18. The fourth-order valence-corrected chi connectivity index (χ4v) is 1.29. The molecule has 0 aliphatic heterocycles. The van der Waals surface area contributed by atoms with Crippen LogP contribution in [-0.4, -0.2) is 4.57 Å². The minimum Gasteiger partial charge on any atom is -0.315 e. The Morgan fingerprint density at radius 3 is 2.57 bits per heavy atom. The van der Waals surface area contributed by atoms with E-state index < -0.39 is 0 Å². The summed E-state index contributed by atoms with van der Waals surface area (Å²) in [5.74, 6) is 0. The highest BCUT2D eigenvalue weighted by atomic mass is 16.1. The number of pyridine rings is 1. The van der Waals surface area contributed by atoms with E-state index in [0.717, 1.165) is 18.5 Å². The molecule has 1 aromatic heterocycles. The van der Waals surface area contributed by atoms with Gasteiger partial charge in [0.15, 0.2) is 0 Å². The van der Waals surface area contributed by atoms with Crippen molar-refractivity contribution in [3.05, 3.63) is 34.2 Å². The molecule has 0 spiro atoms. The molecule has 2 heteroatoms. The average molecular weight is 193 g/mol. The third-order valence-electron chi connectivity index (χ3n) is 2.31. The van der Waals surface area contributed by atoms with Crippen LogP contribution in [0, 0.1) is 12.3 Å². The molecule has 78 valence electrons. The number of nitrogens with zero attached hydrogens (tertiary/aromatic N) is 1. The first kappa shape index (κ1) is 11.0. The summed E-state index contributed by atoms with van der Waals surface area (Å²) >= 11 is 0. The van der Waals surface area contributed by atoms with Crippen LogP contribution in [0.4, 0.5) is 0 Å². The largest absolute Gasteiger partial charge is 0.315 e. The van der Waals surface area contributed by atoms with E-state index in [-0.39, 0.29) is 11.0 Å². The Morgan fingerprint density at radius 1 is 1.36 bits per heavy atom. The standard InChI is InChI=1S/C12H19NO/c1-10-6-5-8-13(11(10)14)9-7-12(2,3)4/h5-6,8H,7,9H2,1-4H3. The summed E-state index contributed by atoms with van der Waals surface area (Å²) in [5.41, 5.74) is 1.24. The summed E-state index contributed by atoms with van der Waals surface area (Å²) < 4.78 is 1.79. The van der Waals surface area contributed by atoms with Crippen LogP contribution in [0.25, 0.3) is 0 Å². The Kier molecular flexibility index (Phi) is 3.14. The molecule has 0 N–H and O–H groups in total. The summed E-state index contributed by atoms with van der Waals surface area (Å²) in [7, 11) is 0. The van der Waals surface area contributed by atoms with E-state index in [2.05, 4.69) is 20.8 Å². The van der Waals surface area contributed by atoms with Crippen LogP contribution < -0.4 is 5.56 Å². The maximum Gasteiger partial charge on any atom is 0.253 e. The zero-order chi connectivity index (χ0) is 10.8. The summed E-state index contributed by atoms with van der Waals surface area (Å²) in [6.45, 7) is 9.23. The van der Waals surface area contributed by atoms with E-state index >= 15 is 0 Å². The third kappa shape index (κ3) is 3.02. The van der Waals surface area contributed by atoms with E-state index in [1.54, 1.807) is 4.57 Å². The molecule has 1 aromatic rings. The Balaban J connectivity index is 2.78. The molecule has 2 nitrogen and oxygen atoms in total. The molecule has 0 atom stereocenters. The van der Waals surface area contributed by atoms with Gasteiger partial charge >= 0.3 is 0 Å². The first-order valence-corrected chi connectivity index (χ1v) is 5.06. The molecule has 0 radical (unpaired) electrons. The lowest BCUT2D eigenvalue weighted by molar-refractivity contribution is 0.347. The molecular formula is C12H19NO. The highest BCUT2D eigenvalue weighted by Crippen LogP contribution is 2.18. The molecule has 0 fully saturated rings. The van der Waals surface area contributed by atoms with Crippen molar-refractivity contribution in [3.63, 3.8) is 0 Å². The third-order valence-corrected chi connectivity index (χ3v) is 2.31. The van der Waals surface area contributed by atoms with Crippen molar-refractivity contribution in [2.45, 2.75) is 40.7 Å². The van der Waals surface area contributed by atoms with Gasteiger partial charge in [-0.3, -0.25) is 4.79 Å². The molecule has 0 amide bonds. The minimum absolute atomic E-state index is 0.136. The fourth-order valence-electron chi connectivity index (χ4n) is 1.29. The SMILES string of the molecule is Cc1cccn(CCC(C)(C)C)c1=O. The van der Waals surface area contributed by atoms with Crippen LogP contribution in [0.15, 0.2) is 23.1 Å². The molecule has 0 aliphatic carbocycles. The monoisotopic (exact) mass is 193 g/mol. The second-order valence-corrected chi connectivity index (χ2v) is 5.00. The molecular weight excluding hydrogens is 174 g/mol. The number of hydrogen-bond acceptors (Lipinski definition) is 1.